The number of ether oxygens (including phenoxy) is 1. The van der Waals surface area contributed by atoms with Crippen LogP contribution in [0.1, 0.15) is 82.6 Å². The lowest BCUT2D eigenvalue weighted by atomic mass is 9.87. The molecule has 2 aromatic rings. The van der Waals surface area contributed by atoms with Crippen molar-refractivity contribution >= 4 is 0 Å². The van der Waals surface area contributed by atoms with Crippen LogP contribution in [0.25, 0.3) is 0 Å². The van der Waals surface area contributed by atoms with Crippen LogP contribution in [0, 0.1) is 0 Å². The summed E-state index contributed by atoms with van der Waals surface area (Å²) in [6, 6.07) is 15.4. The van der Waals surface area contributed by atoms with Crippen LogP contribution in [0.15, 0.2) is 42.5 Å². The molecule has 0 unspecified atom stereocenters. The van der Waals surface area contributed by atoms with Crippen LogP contribution >= 0.6 is 0 Å². The molecule has 0 amide bonds. The van der Waals surface area contributed by atoms with Crippen LogP contribution in [-0.2, 0) is 12.0 Å². The van der Waals surface area contributed by atoms with E-state index in [1.807, 2.05) is 0 Å². The van der Waals surface area contributed by atoms with Crippen molar-refractivity contribution in [3.8, 4) is 5.75 Å². The van der Waals surface area contributed by atoms with Gasteiger partial charge in [-0.2, -0.15) is 0 Å². The van der Waals surface area contributed by atoms with Gasteiger partial charge in [0.2, 0.25) is 0 Å². The summed E-state index contributed by atoms with van der Waals surface area (Å²) >= 11 is 0. The van der Waals surface area contributed by atoms with Gasteiger partial charge in [0.1, 0.15) is 12.4 Å². The summed E-state index contributed by atoms with van der Waals surface area (Å²) in [6.07, 6.45) is 0. The van der Waals surface area contributed by atoms with Gasteiger partial charge in [0.05, 0.1) is 0 Å². The second kappa shape index (κ2) is 7.42. The van der Waals surface area contributed by atoms with Crippen molar-refractivity contribution < 1.29 is 4.74 Å². The van der Waals surface area contributed by atoms with Gasteiger partial charge in [0, 0.05) is 0 Å². The highest BCUT2D eigenvalue weighted by Gasteiger charge is 2.14. The fraction of sp³-hybridized carbons (Fsp3) is 0.478. The molecule has 0 aromatic heterocycles. The van der Waals surface area contributed by atoms with Crippen LogP contribution in [0.4, 0.5) is 0 Å². The maximum absolute atomic E-state index is 6.14. The zero-order valence-corrected chi connectivity index (χ0v) is 16.3. The SMILES string of the molecule is CC(C)c1ccc(OCc2ccc(C(C)(C)C)cc2)c(C(C)C)c1. The van der Waals surface area contributed by atoms with Crippen molar-refractivity contribution in [3.05, 3.63) is 64.7 Å². The monoisotopic (exact) mass is 324 g/mol. The number of hydrogen-bond acceptors (Lipinski definition) is 1. The highest BCUT2D eigenvalue weighted by atomic mass is 16.5. The van der Waals surface area contributed by atoms with Gasteiger partial charge in [-0.05, 0) is 45.6 Å². The molecule has 0 atom stereocenters. The minimum absolute atomic E-state index is 0.191. The predicted octanol–water partition coefficient (Wildman–Crippen LogP) is 6.81. The second-order valence-electron chi connectivity index (χ2n) is 8.34. The van der Waals surface area contributed by atoms with Gasteiger partial charge < -0.3 is 4.74 Å². The van der Waals surface area contributed by atoms with Crippen LogP contribution < -0.4 is 4.74 Å². The molecule has 2 rings (SSSR count). The van der Waals surface area contributed by atoms with Gasteiger partial charge in [-0.15, -0.1) is 0 Å². The fourth-order valence-corrected chi connectivity index (χ4v) is 2.77. The predicted molar refractivity (Wildman–Crippen MR) is 104 cm³/mol. The Morgan fingerprint density at radius 1 is 0.833 bits per heavy atom. The molecule has 0 aliphatic carbocycles. The summed E-state index contributed by atoms with van der Waals surface area (Å²) < 4.78 is 6.14. The minimum Gasteiger partial charge on any atom is -0.489 e. The summed E-state index contributed by atoms with van der Waals surface area (Å²) in [7, 11) is 0. The lowest BCUT2D eigenvalue weighted by Gasteiger charge is -2.20. The normalized spacial score (nSPS) is 12.0. The Balaban J connectivity index is 2.14. The van der Waals surface area contributed by atoms with E-state index in [0.717, 1.165) is 5.75 Å². The Labute approximate surface area is 148 Å². The van der Waals surface area contributed by atoms with Crippen LogP contribution in [0.2, 0.25) is 0 Å². The molecule has 0 heterocycles. The first-order valence-electron chi connectivity index (χ1n) is 9.04. The van der Waals surface area contributed by atoms with Gasteiger partial charge >= 0.3 is 0 Å². The molecule has 0 fully saturated rings. The van der Waals surface area contributed by atoms with Crippen molar-refractivity contribution in [2.75, 3.05) is 0 Å². The Morgan fingerprint density at radius 2 is 1.46 bits per heavy atom. The molecule has 0 bridgehead atoms. The maximum atomic E-state index is 6.14. The highest BCUT2D eigenvalue weighted by Crippen LogP contribution is 2.31. The Kier molecular flexibility index (Phi) is 5.74. The molecule has 24 heavy (non-hydrogen) atoms. The van der Waals surface area contributed by atoms with Gasteiger partial charge in [0.25, 0.3) is 0 Å². The summed E-state index contributed by atoms with van der Waals surface area (Å²) in [5.74, 6) is 2.01. The zero-order chi connectivity index (χ0) is 17.9. The average Bonchev–Trinajstić information content (AvgIpc) is 2.52. The molecule has 0 aliphatic heterocycles. The fourth-order valence-electron chi connectivity index (χ4n) is 2.77. The van der Waals surface area contributed by atoms with E-state index in [1.165, 1.54) is 22.3 Å². The molecule has 1 nitrogen and oxygen atoms in total. The minimum atomic E-state index is 0.191. The van der Waals surface area contributed by atoms with E-state index >= 15 is 0 Å². The van der Waals surface area contributed by atoms with E-state index < -0.39 is 0 Å². The Hall–Kier alpha value is -1.76. The first kappa shape index (κ1) is 18.6. The lowest BCUT2D eigenvalue weighted by Crippen LogP contribution is -2.11. The average molecular weight is 325 g/mol. The summed E-state index contributed by atoms with van der Waals surface area (Å²) in [5.41, 5.74) is 5.44. The van der Waals surface area contributed by atoms with Crippen molar-refractivity contribution in [1.29, 1.82) is 0 Å². The van der Waals surface area contributed by atoms with Crippen molar-refractivity contribution in [2.24, 2.45) is 0 Å². The molecular weight excluding hydrogens is 292 g/mol. The lowest BCUT2D eigenvalue weighted by molar-refractivity contribution is 0.301. The van der Waals surface area contributed by atoms with E-state index in [1.54, 1.807) is 0 Å². The first-order chi connectivity index (χ1) is 11.2. The number of benzene rings is 2. The molecule has 0 aliphatic rings. The van der Waals surface area contributed by atoms with Crippen molar-refractivity contribution in [2.45, 2.75) is 72.3 Å². The topological polar surface area (TPSA) is 9.23 Å². The molecule has 1 heteroatoms. The summed E-state index contributed by atoms with van der Waals surface area (Å²) in [6.45, 7) is 16.3. The van der Waals surface area contributed by atoms with Gasteiger partial charge in [-0.25, -0.2) is 0 Å². The van der Waals surface area contributed by atoms with E-state index in [2.05, 4.69) is 90.9 Å². The second-order valence-corrected chi connectivity index (χ2v) is 8.34. The van der Waals surface area contributed by atoms with Crippen LogP contribution in [0.3, 0.4) is 0 Å². The Bertz CT molecular complexity index is 657. The molecule has 130 valence electrons. The smallest absolute Gasteiger partial charge is 0.123 e. The molecular formula is C23H32O. The zero-order valence-electron chi connectivity index (χ0n) is 16.3. The molecule has 0 spiro atoms. The Morgan fingerprint density at radius 3 is 1.96 bits per heavy atom. The van der Waals surface area contributed by atoms with E-state index in [-0.39, 0.29) is 5.41 Å². The van der Waals surface area contributed by atoms with Crippen molar-refractivity contribution in [3.63, 3.8) is 0 Å². The quantitative estimate of drug-likeness (QED) is 0.587. The van der Waals surface area contributed by atoms with Crippen LogP contribution in [0.5, 0.6) is 5.75 Å². The largest absolute Gasteiger partial charge is 0.489 e. The van der Waals surface area contributed by atoms with E-state index in [9.17, 15) is 0 Å². The number of hydrogen-bond donors (Lipinski definition) is 0. The third-order valence-corrected chi connectivity index (χ3v) is 4.54. The molecule has 0 N–H and O–H groups in total. The first-order valence-corrected chi connectivity index (χ1v) is 9.04. The van der Waals surface area contributed by atoms with E-state index in [4.69, 9.17) is 4.74 Å². The van der Waals surface area contributed by atoms with E-state index in [0.29, 0.717) is 18.4 Å². The highest BCUT2D eigenvalue weighted by molar-refractivity contribution is 5.40. The number of rotatable bonds is 5. The molecule has 0 radical (unpaired) electrons. The maximum Gasteiger partial charge on any atom is 0.123 e. The van der Waals surface area contributed by atoms with Gasteiger partial charge in [0.15, 0.2) is 0 Å². The van der Waals surface area contributed by atoms with Gasteiger partial charge in [-0.1, -0.05) is 84.9 Å². The van der Waals surface area contributed by atoms with Crippen molar-refractivity contribution in [1.82, 2.24) is 0 Å². The van der Waals surface area contributed by atoms with Gasteiger partial charge in [-0.3, -0.25) is 0 Å². The third kappa shape index (κ3) is 4.63. The molecule has 0 saturated carbocycles. The third-order valence-electron chi connectivity index (χ3n) is 4.54. The molecule has 0 saturated heterocycles. The molecule has 2 aromatic carbocycles. The summed E-state index contributed by atoms with van der Waals surface area (Å²) in [5, 5.41) is 0. The van der Waals surface area contributed by atoms with Crippen LogP contribution in [-0.4, -0.2) is 0 Å². The summed E-state index contributed by atoms with van der Waals surface area (Å²) in [4.78, 5) is 0. The standard InChI is InChI=1S/C23H32O/c1-16(2)19-10-13-22(21(14-19)17(3)4)24-15-18-8-11-20(12-9-18)23(5,6)7/h8-14,16-17H,15H2,1-7H3.